The molecular weight excluding hydrogens is 440 g/mol. The zero-order valence-electron chi connectivity index (χ0n) is 20.4. The van der Waals surface area contributed by atoms with Crippen molar-refractivity contribution < 1.29 is 14.7 Å². The lowest BCUT2D eigenvalue weighted by molar-refractivity contribution is 0.0697. The number of benzene rings is 2. The third kappa shape index (κ3) is 5.81. The summed E-state index contributed by atoms with van der Waals surface area (Å²) in [4.78, 5) is 37.9. The molecule has 1 saturated carbocycles. The maximum absolute atomic E-state index is 13.3. The largest absolute Gasteiger partial charge is 0.478 e. The molecule has 1 N–H and O–H groups in total. The Morgan fingerprint density at radius 1 is 1.00 bits per heavy atom. The fourth-order valence-electron chi connectivity index (χ4n) is 5.06. The van der Waals surface area contributed by atoms with Gasteiger partial charge in [-0.25, -0.2) is 14.2 Å². The second kappa shape index (κ2) is 11.3. The molecule has 3 aromatic rings. The molecule has 0 spiro atoms. The normalized spacial score (nSPS) is 14.2. The van der Waals surface area contributed by atoms with Gasteiger partial charge >= 0.3 is 11.7 Å². The lowest BCUT2D eigenvalue weighted by Crippen LogP contribution is -2.30. The molecule has 1 aliphatic carbocycles. The van der Waals surface area contributed by atoms with Crippen molar-refractivity contribution in [1.29, 1.82) is 0 Å². The number of nitrogens with zero attached hydrogens (tertiary/aromatic N) is 2. The van der Waals surface area contributed by atoms with Crippen LogP contribution in [0.15, 0.2) is 59.5 Å². The van der Waals surface area contributed by atoms with Crippen molar-refractivity contribution in [1.82, 2.24) is 9.13 Å². The van der Waals surface area contributed by atoms with Crippen LogP contribution < -0.4 is 5.69 Å². The van der Waals surface area contributed by atoms with Crippen molar-refractivity contribution in [3.05, 3.63) is 82.0 Å². The third-order valence-corrected chi connectivity index (χ3v) is 7.07. The van der Waals surface area contributed by atoms with Crippen LogP contribution in [0.5, 0.6) is 0 Å². The van der Waals surface area contributed by atoms with Gasteiger partial charge in [-0.2, -0.15) is 0 Å². The zero-order chi connectivity index (χ0) is 24.8. The molecular formula is C29H34N2O4. The zero-order valence-corrected chi connectivity index (χ0v) is 20.4. The highest BCUT2D eigenvalue weighted by molar-refractivity contribution is 5.96. The van der Waals surface area contributed by atoms with Gasteiger partial charge in [0.2, 0.25) is 5.91 Å². The Morgan fingerprint density at radius 3 is 2.40 bits per heavy atom. The molecule has 0 radical (unpaired) electrons. The predicted octanol–water partition coefficient (Wildman–Crippen LogP) is 6.02. The summed E-state index contributed by atoms with van der Waals surface area (Å²) in [7, 11) is 0. The number of hydrogen-bond acceptors (Lipinski definition) is 3. The van der Waals surface area contributed by atoms with E-state index in [1.807, 2.05) is 30.3 Å². The Labute approximate surface area is 206 Å². The van der Waals surface area contributed by atoms with Crippen LogP contribution in [-0.4, -0.2) is 26.1 Å². The number of aromatic nitrogens is 2. The molecule has 0 aliphatic heterocycles. The summed E-state index contributed by atoms with van der Waals surface area (Å²) in [6, 6.07) is 14.5. The highest BCUT2D eigenvalue weighted by atomic mass is 16.4. The number of carboxylic acid groups (broad SMARTS) is 1. The van der Waals surface area contributed by atoms with Crippen LogP contribution in [0, 0.1) is 5.92 Å². The smallest absolute Gasteiger partial charge is 0.336 e. The monoisotopic (exact) mass is 474 g/mol. The van der Waals surface area contributed by atoms with E-state index >= 15 is 0 Å². The van der Waals surface area contributed by atoms with E-state index in [0.717, 1.165) is 48.9 Å². The molecule has 0 bridgehead atoms. The highest BCUT2D eigenvalue weighted by Crippen LogP contribution is 2.27. The molecule has 1 fully saturated rings. The molecule has 0 unspecified atom stereocenters. The third-order valence-electron chi connectivity index (χ3n) is 7.07. The molecule has 6 nitrogen and oxygen atoms in total. The number of carbonyl (C=O) groups is 2. The van der Waals surface area contributed by atoms with Crippen LogP contribution in [0.3, 0.4) is 0 Å². The van der Waals surface area contributed by atoms with Crippen LogP contribution in [-0.2, 0) is 13.0 Å². The molecule has 35 heavy (non-hydrogen) atoms. The minimum atomic E-state index is -0.962. The predicted molar refractivity (Wildman–Crippen MR) is 137 cm³/mol. The van der Waals surface area contributed by atoms with Crippen LogP contribution in [0.4, 0.5) is 0 Å². The summed E-state index contributed by atoms with van der Waals surface area (Å²) in [6.07, 6.45) is 10.6. The Morgan fingerprint density at radius 2 is 1.71 bits per heavy atom. The number of carbonyl (C=O) groups excluding carboxylic acids is 1. The SMILES string of the molecule is CCCCc1cn(C(=O)CC2CCCCC2)c(=O)n1Cc1ccc(-c2ccccc2C(=O)O)cc1. The topological polar surface area (TPSA) is 81.3 Å². The molecule has 0 atom stereocenters. The second-order valence-corrected chi connectivity index (χ2v) is 9.61. The summed E-state index contributed by atoms with van der Waals surface area (Å²) in [5, 5.41) is 9.49. The van der Waals surface area contributed by atoms with Gasteiger partial charge in [0.25, 0.3) is 0 Å². The number of aromatic carboxylic acids is 1. The van der Waals surface area contributed by atoms with Gasteiger partial charge in [-0.05, 0) is 54.4 Å². The van der Waals surface area contributed by atoms with Gasteiger partial charge in [0.05, 0.1) is 12.1 Å². The van der Waals surface area contributed by atoms with E-state index < -0.39 is 5.97 Å². The number of rotatable bonds is 9. The van der Waals surface area contributed by atoms with E-state index in [9.17, 15) is 19.5 Å². The fraction of sp³-hybridized carbons (Fsp3) is 0.414. The van der Waals surface area contributed by atoms with Gasteiger partial charge < -0.3 is 5.11 Å². The van der Waals surface area contributed by atoms with Crippen molar-refractivity contribution in [3.63, 3.8) is 0 Å². The van der Waals surface area contributed by atoms with Gasteiger partial charge in [-0.1, -0.05) is 75.1 Å². The number of aryl methyl sites for hydroxylation is 1. The Hall–Kier alpha value is -3.41. The van der Waals surface area contributed by atoms with Crippen molar-refractivity contribution in [2.24, 2.45) is 5.92 Å². The second-order valence-electron chi connectivity index (χ2n) is 9.61. The van der Waals surface area contributed by atoms with Crippen LogP contribution in [0.2, 0.25) is 0 Å². The van der Waals surface area contributed by atoms with Crippen molar-refractivity contribution in [2.45, 2.75) is 71.3 Å². The van der Waals surface area contributed by atoms with Gasteiger partial charge in [-0.15, -0.1) is 0 Å². The summed E-state index contributed by atoms with van der Waals surface area (Å²) in [5.41, 5.74) is 3.27. The number of unbranched alkanes of at least 4 members (excludes halogenated alkanes) is 1. The first kappa shape index (κ1) is 24.7. The van der Waals surface area contributed by atoms with Crippen molar-refractivity contribution in [3.8, 4) is 11.1 Å². The van der Waals surface area contributed by atoms with E-state index in [1.54, 1.807) is 29.0 Å². The van der Waals surface area contributed by atoms with Gasteiger partial charge in [0, 0.05) is 18.3 Å². The summed E-state index contributed by atoms with van der Waals surface area (Å²) in [6.45, 7) is 2.49. The molecule has 1 aliphatic rings. The van der Waals surface area contributed by atoms with Crippen LogP contribution in [0.25, 0.3) is 11.1 Å². The highest BCUT2D eigenvalue weighted by Gasteiger charge is 2.21. The summed E-state index contributed by atoms with van der Waals surface area (Å²) < 4.78 is 3.05. The first-order chi connectivity index (χ1) is 17.0. The average Bonchev–Trinajstić information content (AvgIpc) is 3.18. The van der Waals surface area contributed by atoms with E-state index in [4.69, 9.17) is 0 Å². The first-order valence-electron chi connectivity index (χ1n) is 12.7. The van der Waals surface area contributed by atoms with Gasteiger partial charge in [0.15, 0.2) is 0 Å². The molecule has 2 aromatic carbocycles. The molecule has 6 heteroatoms. The minimum Gasteiger partial charge on any atom is -0.478 e. The molecule has 4 rings (SSSR count). The summed E-state index contributed by atoms with van der Waals surface area (Å²) >= 11 is 0. The molecule has 0 amide bonds. The molecule has 184 valence electrons. The Kier molecular flexibility index (Phi) is 8.01. The molecule has 0 saturated heterocycles. The van der Waals surface area contributed by atoms with E-state index in [1.165, 1.54) is 23.8 Å². The number of carboxylic acids is 1. The van der Waals surface area contributed by atoms with E-state index in [-0.39, 0.29) is 17.2 Å². The number of hydrogen-bond donors (Lipinski definition) is 1. The molecule has 1 aromatic heterocycles. The van der Waals surface area contributed by atoms with Crippen LogP contribution in [0.1, 0.15) is 84.7 Å². The number of imidazole rings is 1. The minimum absolute atomic E-state index is 0.0981. The van der Waals surface area contributed by atoms with E-state index in [2.05, 4.69) is 6.92 Å². The summed E-state index contributed by atoms with van der Waals surface area (Å²) in [5.74, 6) is -0.679. The maximum Gasteiger partial charge on any atom is 0.336 e. The van der Waals surface area contributed by atoms with E-state index in [0.29, 0.717) is 24.4 Å². The quantitative estimate of drug-likeness (QED) is 0.411. The Bertz CT molecular complexity index is 1230. The van der Waals surface area contributed by atoms with Crippen LogP contribution >= 0.6 is 0 Å². The van der Waals surface area contributed by atoms with Crippen molar-refractivity contribution >= 4 is 11.9 Å². The Balaban J connectivity index is 1.57. The van der Waals surface area contributed by atoms with Crippen molar-refractivity contribution in [2.75, 3.05) is 0 Å². The molecule has 1 heterocycles. The average molecular weight is 475 g/mol. The standard InChI is InChI=1S/C29H34N2O4/c1-2-3-11-24-20-31(27(32)18-21-9-5-4-6-10-21)29(35)30(24)19-22-14-16-23(17-15-22)25-12-7-8-13-26(25)28(33)34/h7-8,12-17,20-21H,2-6,9-11,18-19H2,1H3,(H,33,34). The lowest BCUT2D eigenvalue weighted by Gasteiger charge is -2.20. The maximum atomic E-state index is 13.3. The fourth-order valence-corrected chi connectivity index (χ4v) is 5.06. The first-order valence-corrected chi connectivity index (χ1v) is 12.7. The van der Waals surface area contributed by atoms with Gasteiger partial charge in [-0.3, -0.25) is 9.36 Å². The lowest BCUT2D eigenvalue weighted by atomic mass is 9.87. The van der Waals surface area contributed by atoms with Gasteiger partial charge in [0.1, 0.15) is 0 Å².